The number of rotatable bonds is 28. The average molecular weight is 882 g/mol. The highest BCUT2D eigenvalue weighted by molar-refractivity contribution is 7.90. The molecular formula is C24H36F17NO10SSi. The second-order valence-corrected chi connectivity index (χ2v) is 15.6. The average Bonchev–Trinajstić information content (AvgIpc) is 3.03. The molecule has 0 aromatic carbocycles. The lowest BCUT2D eigenvalue weighted by Crippen LogP contribution is -2.75. The van der Waals surface area contributed by atoms with Gasteiger partial charge in [0.1, 0.15) is 0 Å². The SMILES string of the molecule is COCCO[Si](CCCOCC(O)CN(C)S(=O)(=O)C(F)(F)C(F)(F)C(F)(F)C(F)(F)C(F)(F)C(F)(F)C(F)(F)C(F)(F)F)(OCCOC)OCCOC. The molecule has 0 saturated heterocycles. The molecule has 1 N–H and O–H groups in total. The summed E-state index contributed by atoms with van der Waals surface area (Å²) < 4.78 is 291. The van der Waals surface area contributed by atoms with Crippen LogP contribution in [-0.4, -0.2) is 167 Å². The summed E-state index contributed by atoms with van der Waals surface area (Å²) in [4.78, 5) is 0. The summed E-state index contributed by atoms with van der Waals surface area (Å²) in [6, 6.07) is -0.0342. The van der Waals surface area contributed by atoms with Crippen molar-refractivity contribution in [3.05, 3.63) is 0 Å². The minimum Gasteiger partial charge on any atom is -0.389 e. The highest BCUT2D eigenvalue weighted by Gasteiger charge is 2.96. The zero-order valence-corrected chi connectivity index (χ0v) is 30.1. The highest BCUT2D eigenvalue weighted by Crippen LogP contribution is 2.64. The monoisotopic (exact) mass is 881 g/mol. The predicted octanol–water partition coefficient (Wildman–Crippen LogP) is 4.91. The van der Waals surface area contributed by atoms with Gasteiger partial charge >= 0.3 is 55.8 Å². The van der Waals surface area contributed by atoms with Crippen molar-refractivity contribution in [3.63, 3.8) is 0 Å². The van der Waals surface area contributed by atoms with E-state index >= 15 is 0 Å². The van der Waals surface area contributed by atoms with Crippen molar-refractivity contribution in [2.24, 2.45) is 0 Å². The maximum Gasteiger partial charge on any atom is 0.501 e. The molecule has 0 amide bonds. The Balaban J connectivity index is 5.99. The van der Waals surface area contributed by atoms with Gasteiger partial charge in [-0.15, -0.1) is 0 Å². The Morgan fingerprint density at radius 3 is 1.28 bits per heavy atom. The van der Waals surface area contributed by atoms with Crippen LogP contribution >= 0.6 is 0 Å². The number of alkyl halides is 17. The fourth-order valence-corrected chi connectivity index (χ4v) is 7.40. The van der Waals surface area contributed by atoms with E-state index in [-0.39, 0.29) is 59.2 Å². The van der Waals surface area contributed by atoms with Crippen molar-refractivity contribution in [1.82, 2.24) is 4.31 Å². The number of hydrogen-bond acceptors (Lipinski definition) is 10. The number of methoxy groups -OCH3 is 3. The molecule has 0 fully saturated rings. The third-order valence-electron chi connectivity index (χ3n) is 6.81. The van der Waals surface area contributed by atoms with Crippen LogP contribution in [0, 0.1) is 0 Å². The van der Waals surface area contributed by atoms with Gasteiger partial charge in [0.05, 0.1) is 52.4 Å². The standard InChI is InChI=1S/C24H36F17NO10SSi/c1-42(14-16(43)15-49-6-5-13-54(50-10-7-46-2,51-11-8-47-3)52-12-9-48-4)53(44,45)24(40,41)22(35,36)20(31,32)18(27,28)17(25,26)19(29,30)21(33,34)23(37,38)39/h16,43H,5-15H2,1-4H3. The van der Waals surface area contributed by atoms with E-state index in [9.17, 15) is 88.2 Å². The minimum absolute atomic E-state index is 0.0285. The number of halogens is 17. The Bertz CT molecular complexity index is 1220. The first-order valence-electron chi connectivity index (χ1n) is 14.5. The molecule has 0 bridgehead atoms. The van der Waals surface area contributed by atoms with Crippen molar-refractivity contribution >= 4 is 18.8 Å². The first kappa shape index (κ1) is 52.6. The molecule has 0 radical (unpaired) electrons. The molecule has 0 heterocycles. The van der Waals surface area contributed by atoms with Gasteiger partial charge < -0.3 is 37.3 Å². The molecule has 0 aliphatic rings. The molecule has 0 spiro atoms. The summed E-state index contributed by atoms with van der Waals surface area (Å²) in [5, 5.41) is 2.24. The summed E-state index contributed by atoms with van der Waals surface area (Å²) in [5.41, 5.74) is 0. The second kappa shape index (κ2) is 19.4. The number of ether oxygens (including phenoxy) is 4. The van der Waals surface area contributed by atoms with Crippen molar-refractivity contribution in [2.45, 2.75) is 65.5 Å². The number of aliphatic hydroxyl groups excluding tert-OH is 1. The smallest absolute Gasteiger partial charge is 0.389 e. The maximum atomic E-state index is 14.5. The fourth-order valence-electron chi connectivity index (χ4n) is 3.75. The summed E-state index contributed by atoms with van der Waals surface area (Å²) in [7, 11) is -7.24. The molecule has 0 aliphatic heterocycles. The van der Waals surface area contributed by atoms with E-state index in [1.165, 1.54) is 21.3 Å². The van der Waals surface area contributed by atoms with Gasteiger partial charge in [0, 0.05) is 47.6 Å². The van der Waals surface area contributed by atoms with Crippen LogP contribution < -0.4 is 0 Å². The second-order valence-electron chi connectivity index (χ2n) is 10.8. The van der Waals surface area contributed by atoms with Crippen LogP contribution in [-0.2, 0) is 42.2 Å². The Morgan fingerprint density at radius 1 is 0.574 bits per heavy atom. The molecule has 0 aromatic heterocycles. The highest BCUT2D eigenvalue weighted by atomic mass is 32.2. The first-order valence-corrected chi connectivity index (χ1v) is 17.9. The predicted molar refractivity (Wildman–Crippen MR) is 148 cm³/mol. The van der Waals surface area contributed by atoms with Gasteiger partial charge in [-0.2, -0.15) is 78.9 Å². The molecule has 0 aliphatic carbocycles. The molecule has 11 nitrogen and oxygen atoms in total. The van der Waals surface area contributed by atoms with E-state index in [4.69, 9.17) is 32.2 Å². The lowest BCUT2D eigenvalue weighted by atomic mass is 9.91. The number of nitrogens with zero attached hydrogens (tertiary/aromatic N) is 1. The van der Waals surface area contributed by atoms with Crippen LogP contribution in [0.3, 0.4) is 0 Å². The number of likely N-dealkylation sites (N-methyl/N-ethyl adjacent to an activating group) is 1. The largest absolute Gasteiger partial charge is 0.501 e. The Hall–Kier alpha value is -1.38. The molecule has 0 rings (SSSR count). The van der Waals surface area contributed by atoms with Gasteiger partial charge in [0.15, 0.2) is 0 Å². The summed E-state index contributed by atoms with van der Waals surface area (Å²) >= 11 is 0. The lowest BCUT2D eigenvalue weighted by Gasteiger charge is -2.42. The molecule has 0 aromatic rings. The number of aliphatic hydroxyl groups is 1. The van der Waals surface area contributed by atoms with Crippen LogP contribution in [0.15, 0.2) is 0 Å². The first-order chi connectivity index (χ1) is 24.2. The molecule has 1 atom stereocenters. The zero-order chi connectivity index (χ0) is 42.9. The molecule has 54 heavy (non-hydrogen) atoms. The van der Waals surface area contributed by atoms with Crippen molar-refractivity contribution < 1.29 is 120 Å². The zero-order valence-electron chi connectivity index (χ0n) is 28.3. The summed E-state index contributed by atoms with van der Waals surface area (Å²) in [6.07, 6.45) is -10.3. The summed E-state index contributed by atoms with van der Waals surface area (Å²) in [6.45, 7) is -3.13. The van der Waals surface area contributed by atoms with E-state index in [0.29, 0.717) is 0 Å². The van der Waals surface area contributed by atoms with Crippen LogP contribution in [0.5, 0.6) is 0 Å². The van der Waals surface area contributed by atoms with Crippen LogP contribution in [0.4, 0.5) is 74.6 Å². The van der Waals surface area contributed by atoms with E-state index in [1.807, 2.05) is 0 Å². The van der Waals surface area contributed by atoms with Gasteiger partial charge in [-0.1, -0.05) is 0 Å². The summed E-state index contributed by atoms with van der Waals surface area (Å²) in [5.74, 6) is -52.3. The van der Waals surface area contributed by atoms with Crippen molar-refractivity contribution in [3.8, 4) is 0 Å². The fraction of sp³-hybridized carbons (Fsp3) is 1.00. The molecular weight excluding hydrogens is 845 g/mol. The van der Waals surface area contributed by atoms with E-state index < -0.39 is 96.0 Å². The number of hydrogen-bond donors (Lipinski definition) is 1. The minimum atomic E-state index is -8.95. The van der Waals surface area contributed by atoms with Gasteiger partial charge in [-0.25, -0.2) is 8.42 Å². The Labute approximate surface area is 297 Å². The number of sulfonamides is 1. The molecule has 1 unspecified atom stereocenters. The van der Waals surface area contributed by atoms with Crippen LogP contribution in [0.25, 0.3) is 0 Å². The van der Waals surface area contributed by atoms with Gasteiger partial charge in [-0.3, -0.25) is 0 Å². The molecule has 326 valence electrons. The topological polar surface area (TPSA) is 122 Å². The van der Waals surface area contributed by atoms with E-state index in [2.05, 4.69) is 0 Å². The quantitative estimate of drug-likeness (QED) is 0.0660. The van der Waals surface area contributed by atoms with Gasteiger partial charge in [0.2, 0.25) is 0 Å². The normalized spacial score (nSPS) is 15.7. The lowest BCUT2D eigenvalue weighted by molar-refractivity contribution is -0.458. The van der Waals surface area contributed by atoms with E-state index in [0.717, 1.165) is 0 Å². The van der Waals surface area contributed by atoms with Crippen LogP contribution in [0.1, 0.15) is 6.42 Å². The Kier molecular flexibility index (Phi) is 18.9. The third-order valence-corrected chi connectivity index (χ3v) is 11.6. The van der Waals surface area contributed by atoms with Crippen LogP contribution in [0.2, 0.25) is 6.04 Å². The van der Waals surface area contributed by atoms with Gasteiger partial charge in [0.25, 0.3) is 10.0 Å². The maximum absolute atomic E-state index is 14.5. The van der Waals surface area contributed by atoms with E-state index in [1.54, 1.807) is 0 Å². The van der Waals surface area contributed by atoms with Gasteiger partial charge in [-0.05, 0) is 6.42 Å². The third kappa shape index (κ3) is 10.8. The molecule has 0 saturated carbocycles. The molecule has 30 heteroatoms. The van der Waals surface area contributed by atoms with Crippen molar-refractivity contribution in [2.75, 3.05) is 87.8 Å². The Morgan fingerprint density at radius 2 is 0.926 bits per heavy atom. The van der Waals surface area contributed by atoms with Crippen molar-refractivity contribution in [1.29, 1.82) is 0 Å².